The molecule has 21 heavy (non-hydrogen) atoms. The highest BCUT2D eigenvalue weighted by atomic mass is 32.1. The van der Waals surface area contributed by atoms with Crippen molar-refractivity contribution in [1.29, 1.82) is 0 Å². The Bertz CT molecular complexity index is 494. The number of benzene rings is 1. The van der Waals surface area contributed by atoms with Crippen LogP contribution >= 0.6 is 12.2 Å². The first-order valence-corrected chi connectivity index (χ1v) is 6.83. The summed E-state index contributed by atoms with van der Waals surface area (Å²) >= 11 is 5.05. The molecule has 0 aliphatic carbocycles. The van der Waals surface area contributed by atoms with E-state index >= 15 is 0 Å². The molecule has 0 spiro atoms. The lowest BCUT2D eigenvalue weighted by atomic mass is 10.2. The summed E-state index contributed by atoms with van der Waals surface area (Å²) in [7, 11) is 4.69. The molecule has 1 aromatic rings. The predicted octanol–water partition coefficient (Wildman–Crippen LogP) is 1.34. The van der Waals surface area contributed by atoms with Gasteiger partial charge in [-0.3, -0.25) is 10.1 Å². The van der Waals surface area contributed by atoms with E-state index in [0.717, 1.165) is 6.42 Å². The van der Waals surface area contributed by atoms with Crippen LogP contribution in [0, 0.1) is 0 Å². The third-order valence-corrected chi connectivity index (χ3v) is 2.93. The summed E-state index contributed by atoms with van der Waals surface area (Å²) < 4.78 is 15.2. The summed E-state index contributed by atoms with van der Waals surface area (Å²) in [5.74, 6) is 0.749. The summed E-state index contributed by atoms with van der Waals surface area (Å²) in [6.45, 7) is 1.28. The Morgan fingerprint density at radius 2 is 1.90 bits per heavy atom. The van der Waals surface area contributed by atoms with Crippen LogP contribution in [-0.2, 0) is 4.74 Å². The molecule has 116 valence electrons. The molecule has 0 bridgehead atoms. The molecule has 2 N–H and O–H groups in total. The van der Waals surface area contributed by atoms with E-state index in [4.69, 9.17) is 26.4 Å². The molecule has 0 aromatic heterocycles. The second kappa shape index (κ2) is 9.15. The van der Waals surface area contributed by atoms with E-state index in [-0.39, 0.29) is 11.0 Å². The molecule has 1 amide bonds. The van der Waals surface area contributed by atoms with Gasteiger partial charge in [0, 0.05) is 25.8 Å². The summed E-state index contributed by atoms with van der Waals surface area (Å²) in [5.41, 5.74) is 0.439. The maximum Gasteiger partial charge on any atom is 0.257 e. The zero-order valence-corrected chi connectivity index (χ0v) is 13.2. The molecule has 0 aliphatic heterocycles. The van der Waals surface area contributed by atoms with Crippen molar-refractivity contribution in [1.82, 2.24) is 10.6 Å². The Morgan fingerprint density at radius 3 is 2.52 bits per heavy atom. The molecular weight excluding hydrogens is 292 g/mol. The smallest absolute Gasteiger partial charge is 0.257 e. The maximum absolute atomic E-state index is 12.1. The molecule has 0 aliphatic rings. The highest BCUT2D eigenvalue weighted by Crippen LogP contribution is 2.27. The normalized spacial score (nSPS) is 9.86. The maximum atomic E-state index is 12.1. The van der Waals surface area contributed by atoms with E-state index in [1.165, 1.54) is 14.2 Å². The zero-order valence-electron chi connectivity index (χ0n) is 12.4. The number of ether oxygens (including phenoxy) is 3. The molecule has 0 atom stereocenters. The van der Waals surface area contributed by atoms with Crippen molar-refractivity contribution in [2.24, 2.45) is 0 Å². The van der Waals surface area contributed by atoms with Crippen molar-refractivity contribution in [3.05, 3.63) is 23.8 Å². The molecule has 0 radical (unpaired) electrons. The van der Waals surface area contributed by atoms with Gasteiger partial charge >= 0.3 is 0 Å². The van der Waals surface area contributed by atoms with Crippen molar-refractivity contribution in [3.8, 4) is 11.5 Å². The Kier molecular flexibility index (Phi) is 7.49. The largest absolute Gasteiger partial charge is 0.493 e. The molecular formula is C14H20N2O4S. The van der Waals surface area contributed by atoms with E-state index in [2.05, 4.69) is 10.6 Å². The summed E-state index contributed by atoms with van der Waals surface area (Å²) in [6.07, 6.45) is 0.808. The average molecular weight is 312 g/mol. The van der Waals surface area contributed by atoms with Crippen LogP contribution in [0.1, 0.15) is 16.8 Å². The van der Waals surface area contributed by atoms with Crippen LogP contribution in [0.2, 0.25) is 0 Å². The van der Waals surface area contributed by atoms with Gasteiger partial charge in [0.1, 0.15) is 0 Å². The first-order valence-electron chi connectivity index (χ1n) is 6.42. The molecule has 6 nitrogen and oxygen atoms in total. The number of carbonyl (C=O) groups excluding carboxylic acids is 1. The van der Waals surface area contributed by atoms with Crippen LogP contribution in [0.4, 0.5) is 0 Å². The van der Waals surface area contributed by atoms with Gasteiger partial charge < -0.3 is 19.5 Å². The fourth-order valence-corrected chi connectivity index (χ4v) is 1.81. The summed E-state index contributed by atoms with van der Waals surface area (Å²) in [6, 6.07) is 4.91. The molecule has 1 rings (SSSR count). The van der Waals surface area contributed by atoms with Crippen molar-refractivity contribution in [2.45, 2.75) is 6.42 Å². The predicted molar refractivity (Wildman–Crippen MR) is 84.1 cm³/mol. The molecule has 7 heteroatoms. The minimum absolute atomic E-state index is 0.283. The van der Waals surface area contributed by atoms with E-state index in [0.29, 0.717) is 30.2 Å². The Morgan fingerprint density at radius 1 is 1.19 bits per heavy atom. The van der Waals surface area contributed by atoms with Crippen LogP contribution < -0.4 is 20.1 Å². The van der Waals surface area contributed by atoms with Gasteiger partial charge in [0.25, 0.3) is 5.91 Å². The standard InChI is InChI=1S/C14H20N2O4S/c1-18-8-4-7-15-14(21)16-13(17)10-5-6-11(19-2)12(9-10)20-3/h5-6,9H,4,7-8H2,1-3H3,(H2,15,16,17,21). The Hall–Kier alpha value is -1.86. The molecule has 0 fully saturated rings. The van der Waals surface area contributed by atoms with E-state index in [9.17, 15) is 4.79 Å². The fraction of sp³-hybridized carbons (Fsp3) is 0.429. The monoisotopic (exact) mass is 312 g/mol. The Balaban J connectivity index is 2.57. The second-order valence-electron chi connectivity index (χ2n) is 4.13. The highest BCUT2D eigenvalue weighted by molar-refractivity contribution is 7.80. The number of methoxy groups -OCH3 is 3. The van der Waals surface area contributed by atoms with Crippen LogP contribution in [0.25, 0.3) is 0 Å². The molecule has 0 unspecified atom stereocenters. The minimum atomic E-state index is -0.305. The van der Waals surface area contributed by atoms with Gasteiger partial charge in [0.2, 0.25) is 0 Å². The topological polar surface area (TPSA) is 68.8 Å². The van der Waals surface area contributed by atoms with Crippen LogP contribution in [-0.4, -0.2) is 45.5 Å². The van der Waals surface area contributed by atoms with Gasteiger partial charge in [-0.2, -0.15) is 0 Å². The van der Waals surface area contributed by atoms with E-state index in [1.807, 2.05) is 0 Å². The SMILES string of the molecule is COCCCNC(=S)NC(=O)c1ccc(OC)c(OC)c1. The van der Waals surface area contributed by atoms with Crippen LogP contribution in [0.3, 0.4) is 0 Å². The van der Waals surface area contributed by atoms with Gasteiger partial charge in [0.15, 0.2) is 16.6 Å². The van der Waals surface area contributed by atoms with Crippen molar-refractivity contribution >= 4 is 23.2 Å². The van der Waals surface area contributed by atoms with Gasteiger partial charge in [-0.25, -0.2) is 0 Å². The van der Waals surface area contributed by atoms with E-state index < -0.39 is 0 Å². The molecule has 1 aromatic carbocycles. The number of amides is 1. The van der Waals surface area contributed by atoms with Gasteiger partial charge in [-0.05, 0) is 36.8 Å². The number of nitrogens with one attached hydrogen (secondary N) is 2. The number of hydrogen-bond donors (Lipinski definition) is 2. The quantitative estimate of drug-likeness (QED) is 0.585. The third kappa shape index (κ3) is 5.57. The van der Waals surface area contributed by atoms with Crippen LogP contribution in [0.15, 0.2) is 18.2 Å². The summed E-state index contributed by atoms with van der Waals surface area (Å²) in [5, 5.41) is 5.82. The first kappa shape index (κ1) is 17.2. The van der Waals surface area contributed by atoms with E-state index in [1.54, 1.807) is 25.3 Å². The van der Waals surface area contributed by atoms with Crippen molar-refractivity contribution in [2.75, 3.05) is 34.5 Å². The first-order chi connectivity index (χ1) is 10.1. The lowest BCUT2D eigenvalue weighted by Gasteiger charge is -2.11. The number of rotatable bonds is 7. The summed E-state index contributed by atoms with van der Waals surface area (Å²) in [4.78, 5) is 12.1. The molecule has 0 saturated heterocycles. The average Bonchev–Trinajstić information content (AvgIpc) is 2.50. The molecule has 0 saturated carbocycles. The second-order valence-corrected chi connectivity index (χ2v) is 4.53. The van der Waals surface area contributed by atoms with Gasteiger partial charge in [-0.15, -0.1) is 0 Å². The lowest BCUT2D eigenvalue weighted by molar-refractivity contribution is 0.0976. The zero-order chi connectivity index (χ0) is 15.7. The minimum Gasteiger partial charge on any atom is -0.493 e. The number of thiocarbonyl (C=S) groups is 1. The Labute approximate surface area is 129 Å². The van der Waals surface area contributed by atoms with Gasteiger partial charge in [0.05, 0.1) is 14.2 Å². The lowest BCUT2D eigenvalue weighted by Crippen LogP contribution is -2.39. The third-order valence-electron chi connectivity index (χ3n) is 2.68. The van der Waals surface area contributed by atoms with Crippen molar-refractivity contribution in [3.63, 3.8) is 0 Å². The van der Waals surface area contributed by atoms with Crippen LogP contribution in [0.5, 0.6) is 11.5 Å². The molecule has 0 heterocycles. The fourth-order valence-electron chi connectivity index (χ4n) is 1.62. The highest BCUT2D eigenvalue weighted by Gasteiger charge is 2.11. The van der Waals surface area contributed by atoms with Gasteiger partial charge in [-0.1, -0.05) is 0 Å². The van der Waals surface area contributed by atoms with Crippen molar-refractivity contribution < 1.29 is 19.0 Å². The number of carbonyl (C=O) groups is 1. The number of hydrogen-bond acceptors (Lipinski definition) is 5.